The molecule has 0 radical (unpaired) electrons. The number of urea groups is 1. The molecule has 2 fully saturated rings. The second-order valence-electron chi connectivity index (χ2n) is 6.40. The molecule has 6 nitrogen and oxygen atoms in total. The van der Waals surface area contributed by atoms with E-state index in [4.69, 9.17) is 0 Å². The normalized spacial score (nSPS) is 30.7. The zero-order valence-corrected chi connectivity index (χ0v) is 13.0. The van der Waals surface area contributed by atoms with Gasteiger partial charge in [-0.25, -0.2) is 4.79 Å². The Morgan fingerprint density at radius 2 is 2.09 bits per heavy atom. The smallest absolute Gasteiger partial charge is 0.322 e. The summed E-state index contributed by atoms with van der Waals surface area (Å²) in [5.74, 6) is -0.0853. The lowest BCUT2D eigenvalue weighted by molar-refractivity contribution is -0.126. The molecule has 0 aromatic carbocycles. The van der Waals surface area contributed by atoms with E-state index >= 15 is 0 Å². The van der Waals surface area contributed by atoms with Crippen molar-refractivity contribution in [2.75, 3.05) is 13.1 Å². The predicted octanol–water partition coefficient (Wildman–Crippen LogP) is 1.45. The summed E-state index contributed by atoms with van der Waals surface area (Å²) >= 11 is 0. The summed E-state index contributed by atoms with van der Waals surface area (Å²) in [4.78, 5) is 30.1. The Hall–Kier alpha value is -1.95. The van der Waals surface area contributed by atoms with Gasteiger partial charge in [-0.1, -0.05) is 0 Å². The van der Waals surface area contributed by atoms with Gasteiger partial charge in [0.2, 0.25) is 0 Å². The van der Waals surface area contributed by atoms with Crippen LogP contribution in [0.3, 0.4) is 0 Å². The first-order chi connectivity index (χ1) is 10.5. The van der Waals surface area contributed by atoms with Crippen molar-refractivity contribution in [3.63, 3.8) is 0 Å². The molecule has 0 spiro atoms. The van der Waals surface area contributed by atoms with Gasteiger partial charge in [0.1, 0.15) is 5.54 Å². The van der Waals surface area contributed by atoms with Crippen molar-refractivity contribution >= 4 is 11.9 Å². The number of pyridine rings is 1. The maximum absolute atomic E-state index is 12.1. The van der Waals surface area contributed by atoms with E-state index in [9.17, 15) is 9.59 Å². The number of aromatic nitrogens is 1. The number of imide groups is 1. The second kappa shape index (κ2) is 5.68. The molecule has 3 atom stereocenters. The Balaban J connectivity index is 1.75. The van der Waals surface area contributed by atoms with Crippen molar-refractivity contribution < 1.29 is 9.59 Å². The lowest BCUT2D eigenvalue weighted by atomic mass is 9.79. The monoisotopic (exact) mass is 302 g/mol. The first kappa shape index (κ1) is 15.0. The van der Waals surface area contributed by atoms with Crippen LogP contribution in [-0.4, -0.2) is 40.5 Å². The van der Waals surface area contributed by atoms with E-state index < -0.39 is 5.54 Å². The van der Waals surface area contributed by atoms with Crippen molar-refractivity contribution in [2.45, 2.75) is 38.3 Å². The minimum absolute atomic E-state index is 0.122. The molecule has 2 saturated heterocycles. The topological polar surface area (TPSA) is 74.3 Å². The summed E-state index contributed by atoms with van der Waals surface area (Å²) in [6.45, 7) is 5.81. The van der Waals surface area contributed by atoms with Gasteiger partial charge in [-0.15, -0.1) is 0 Å². The maximum atomic E-state index is 12.1. The van der Waals surface area contributed by atoms with Gasteiger partial charge in [0.25, 0.3) is 5.91 Å². The van der Waals surface area contributed by atoms with Gasteiger partial charge >= 0.3 is 6.03 Å². The summed E-state index contributed by atoms with van der Waals surface area (Å²) in [5.41, 5.74) is 0.425. The van der Waals surface area contributed by atoms with Gasteiger partial charge in [-0.05, 0) is 50.9 Å². The van der Waals surface area contributed by atoms with Crippen molar-refractivity contribution in [3.8, 4) is 0 Å². The van der Waals surface area contributed by atoms with Gasteiger partial charge in [0, 0.05) is 30.9 Å². The van der Waals surface area contributed by atoms with Gasteiger partial charge in [0.05, 0.1) is 0 Å². The van der Waals surface area contributed by atoms with E-state index in [0.29, 0.717) is 0 Å². The van der Waals surface area contributed by atoms with Gasteiger partial charge in [-0.3, -0.25) is 20.0 Å². The van der Waals surface area contributed by atoms with Crippen LogP contribution in [0.25, 0.3) is 0 Å². The number of amides is 3. The minimum atomic E-state index is -0.798. The molecule has 3 amide bonds. The third-order valence-electron chi connectivity index (χ3n) is 5.08. The zero-order chi connectivity index (χ0) is 15.7. The Labute approximate surface area is 130 Å². The molecule has 2 aliphatic heterocycles. The number of rotatable bonds is 3. The zero-order valence-electron chi connectivity index (χ0n) is 13.0. The first-order valence-corrected chi connectivity index (χ1v) is 7.78. The number of carbonyl (C=O) groups is 2. The molecule has 0 saturated carbocycles. The fraction of sp³-hybridized carbons (Fsp3) is 0.562. The predicted molar refractivity (Wildman–Crippen MR) is 82.0 cm³/mol. The van der Waals surface area contributed by atoms with E-state index in [2.05, 4.69) is 27.4 Å². The summed E-state index contributed by atoms with van der Waals surface area (Å²) in [7, 11) is 0. The van der Waals surface area contributed by atoms with Crippen LogP contribution in [0.1, 0.15) is 38.3 Å². The molecule has 2 N–H and O–H groups in total. The van der Waals surface area contributed by atoms with Crippen LogP contribution in [0.15, 0.2) is 24.5 Å². The average Bonchev–Trinajstić information content (AvgIpc) is 2.81. The summed E-state index contributed by atoms with van der Waals surface area (Å²) in [5, 5.41) is 5.18. The van der Waals surface area contributed by atoms with E-state index in [1.165, 1.54) is 5.56 Å². The maximum Gasteiger partial charge on any atom is 0.322 e. The second-order valence-corrected chi connectivity index (χ2v) is 6.40. The van der Waals surface area contributed by atoms with Crippen LogP contribution < -0.4 is 10.6 Å². The largest absolute Gasteiger partial charge is 0.323 e. The van der Waals surface area contributed by atoms with Gasteiger partial charge in [-0.2, -0.15) is 0 Å². The van der Waals surface area contributed by atoms with Gasteiger partial charge in [0.15, 0.2) is 0 Å². The Morgan fingerprint density at radius 3 is 2.73 bits per heavy atom. The van der Waals surface area contributed by atoms with Crippen LogP contribution in [0.2, 0.25) is 0 Å². The highest BCUT2D eigenvalue weighted by Crippen LogP contribution is 2.33. The van der Waals surface area contributed by atoms with Crippen LogP contribution in [-0.2, 0) is 4.79 Å². The highest BCUT2D eigenvalue weighted by atomic mass is 16.2. The summed E-state index contributed by atoms with van der Waals surface area (Å²) in [6, 6.07) is 3.95. The van der Waals surface area contributed by atoms with E-state index in [1.54, 1.807) is 12.4 Å². The first-order valence-electron chi connectivity index (χ1n) is 7.78. The van der Waals surface area contributed by atoms with Crippen molar-refractivity contribution in [1.29, 1.82) is 0 Å². The average molecular weight is 302 g/mol. The van der Waals surface area contributed by atoms with Crippen LogP contribution in [0, 0.1) is 5.92 Å². The lowest BCUT2D eigenvalue weighted by Crippen LogP contribution is -2.56. The number of nitrogens with zero attached hydrogens (tertiary/aromatic N) is 2. The third kappa shape index (κ3) is 2.59. The van der Waals surface area contributed by atoms with Crippen molar-refractivity contribution in [2.24, 2.45) is 5.92 Å². The number of likely N-dealkylation sites (tertiary alicyclic amines) is 1. The number of hydrogen-bond donors (Lipinski definition) is 2. The number of nitrogens with one attached hydrogen (secondary N) is 2. The fourth-order valence-electron chi connectivity index (χ4n) is 3.53. The highest BCUT2D eigenvalue weighted by molar-refractivity contribution is 6.06. The van der Waals surface area contributed by atoms with Crippen molar-refractivity contribution in [1.82, 2.24) is 20.5 Å². The van der Waals surface area contributed by atoms with E-state index in [0.717, 1.165) is 25.9 Å². The SMILES string of the molecule is C[C@H](c1ccncc1)N1CCC[C@H]([C@]2(C)NC(=O)NC2=O)C1. The molecule has 0 bridgehead atoms. The molecular formula is C16H22N4O2. The minimum Gasteiger partial charge on any atom is -0.323 e. The van der Waals surface area contributed by atoms with Crippen molar-refractivity contribution in [3.05, 3.63) is 30.1 Å². The Bertz CT molecular complexity index is 577. The number of hydrogen-bond acceptors (Lipinski definition) is 4. The van der Waals surface area contributed by atoms with Crippen LogP contribution in [0.5, 0.6) is 0 Å². The fourth-order valence-corrected chi connectivity index (χ4v) is 3.53. The molecular weight excluding hydrogens is 280 g/mol. The van der Waals surface area contributed by atoms with E-state index in [-0.39, 0.29) is 23.9 Å². The van der Waals surface area contributed by atoms with E-state index in [1.807, 2.05) is 19.1 Å². The number of carbonyl (C=O) groups excluding carboxylic acids is 2. The number of piperidine rings is 1. The molecule has 118 valence electrons. The standard InChI is InChI=1S/C16H22N4O2/c1-11(12-5-7-17-8-6-12)20-9-3-4-13(10-20)16(2)14(21)18-15(22)19-16/h5-8,11,13H,3-4,9-10H2,1-2H3,(H2,18,19,21,22)/t11-,13+,16+/m1/s1. The summed E-state index contributed by atoms with van der Waals surface area (Å²) in [6.07, 6.45) is 5.58. The molecule has 3 rings (SSSR count). The third-order valence-corrected chi connectivity index (χ3v) is 5.08. The van der Waals surface area contributed by atoms with Crippen LogP contribution in [0.4, 0.5) is 4.79 Å². The van der Waals surface area contributed by atoms with Crippen LogP contribution >= 0.6 is 0 Å². The highest BCUT2D eigenvalue weighted by Gasteiger charge is 2.49. The Kier molecular flexibility index (Phi) is 3.87. The van der Waals surface area contributed by atoms with Gasteiger partial charge < -0.3 is 5.32 Å². The summed E-state index contributed by atoms with van der Waals surface area (Å²) < 4.78 is 0. The molecule has 0 aliphatic carbocycles. The molecule has 6 heteroatoms. The molecule has 22 heavy (non-hydrogen) atoms. The molecule has 3 heterocycles. The molecule has 0 unspecified atom stereocenters. The molecule has 2 aliphatic rings. The Morgan fingerprint density at radius 1 is 1.36 bits per heavy atom. The molecule has 1 aromatic heterocycles. The molecule has 1 aromatic rings. The quantitative estimate of drug-likeness (QED) is 0.829. The lowest BCUT2D eigenvalue weighted by Gasteiger charge is -2.42.